The molecule has 37 heavy (non-hydrogen) atoms. The molecule has 3 N–H and O–H groups in total. The van der Waals surface area contributed by atoms with Gasteiger partial charge in [-0.1, -0.05) is 12.1 Å². The molecule has 3 aromatic rings. The van der Waals surface area contributed by atoms with Gasteiger partial charge in [0, 0.05) is 36.7 Å². The molecule has 0 spiro atoms. The second-order valence-electron chi connectivity index (χ2n) is 10.6. The fraction of sp³-hybridized carbons (Fsp3) is 0.519. The number of fused-ring (bicyclic) bond motifs is 2. The summed E-state index contributed by atoms with van der Waals surface area (Å²) in [5, 5.41) is 3.34. The van der Waals surface area contributed by atoms with Gasteiger partial charge >= 0.3 is 0 Å². The predicted octanol–water partition coefficient (Wildman–Crippen LogP) is 3.55. The van der Waals surface area contributed by atoms with Crippen LogP contribution in [0.25, 0.3) is 11.0 Å². The Labute approximate surface area is 220 Å². The molecule has 1 saturated carbocycles. The van der Waals surface area contributed by atoms with Crippen molar-refractivity contribution >= 4 is 28.7 Å². The number of methoxy groups -OCH3 is 1. The minimum absolute atomic E-state index is 0.00263. The lowest BCUT2D eigenvalue weighted by Crippen LogP contribution is -2.50. The lowest BCUT2D eigenvalue weighted by molar-refractivity contribution is -0.127. The second-order valence-corrected chi connectivity index (χ2v) is 11.1. The number of carbonyl (C=O) groups is 1. The van der Waals surface area contributed by atoms with Crippen LogP contribution in [-0.4, -0.2) is 51.8 Å². The van der Waals surface area contributed by atoms with Gasteiger partial charge < -0.3 is 10.1 Å². The number of aromatic nitrogens is 2. The summed E-state index contributed by atoms with van der Waals surface area (Å²) in [4.78, 5) is 15.6. The van der Waals surface area contributed by atoms with Crippen LogP contribution in [0.15, 0.2) is 36.4 Å². The molecule has 196 valence electrons. The van der Waals surface area contributed by atoms with Crippen LogP contribution in [0.4, 0.5) is 4.39 Å². The maximum atomic E-state index is 14.5. The topological polar surface area (TPSA) is 91.4 Å². The largest absolute Gasteiger partial charge is 0.496 e. The Balaban J connectivity index is 1.08. The van der Waals surface area contributed by atoms with E-state index in [0.717, 1.165) is 56.2 Å². The molecule has 0 bridgehead atoms. The number of carbonyl (C=O) groups excluding carboxylic acids is 1. The highest BCUT2D eigenvalue weighted by Crippen LogP contribution is 2.41. The molecule has 1 amide bonds. The summed E-state index contributed by atoms with van der Waals surface area (Å²) in [7, 11) is 1.57. The van der Waals surface area contributed by atoms with Gasteiger partial charge in [0.15, 0.2) is 0 Å². The van der Waals surface area contributed by atoms with Crippen LogP contribution in [0.1, 0.15) is 49.3 Å². The third kappa shape index (κ3) is 5.07. The first kappa shape index (κ1) is 24.7. The highest BCUT2D eigenvalue weighted by atomic mass is 32.1. The van der Waals surface area contributed by atoms with Crippen LogP contribution >= 0.6 is 11.7 Å². The number of halogens is 1. The number of ether oxygens (including phenoxy) is 1. The molecule has 1 aromatic heterocycles. The van der Waals surface area contributed by atoms with Crippen molar-refractivity contribution in [3.8, 4) is 5.75 Å². The van der Waals surface area contributed by atoms with E-state index in [2.05, 4.69) is 41.9 Å². The van der Waals surface area contributed by atoms with E-state index in [1.807, 2.05) is 6.07 Å². The zero-order chi connectivity index (χ0) is 25.4. The highest BCUT2D eigenvalue weighted by molar-refractivity contribution is 7.00. The van der Waals surface area contributed by atoms with Crippen molar-refractivity contribution in [3.05, 3.63) is 53.3 Å². The number of benzene rings is 2. The van der Waals surface area contributed by atoms with Crippen LogP contribution in [0.5, 0.6) is 5.75 Å². The molecule has 5 atom stereocenters. The van der Waals surface area contributed by atoms with Gasteiger partial charge in [-0.15, -0.1) is 0 Å². The van der Waals surface area contributed by atoms with E-state index in [4.69, 9.17) is 4.74 Å². The zero-order valence-corrected chi connectivity index (χ0v) is 21.8. The van der Waals surface area contributed by atoms with E-state index in [1.165, 1.54) is 23.4 Å². The SMILES string of the molecule is COc1cccc(F)c1CN1CCC[C@@H](NC(=O)C2CCC3NNC(c4ccc5nsnc5c4)C3C2)C1. The number of amides is 1. The van der Waals surface area contributed by atoms with E-state index < -0.39 is 0 Å². The number of hydrogen-bond donors (Lipinski definition) is 3. The summed E-state index contributed by atoms with van der Waals surface area (Å²) in [5.74, 6) is 0.808. The van der Waals surface area contributed by atoms with Crippen molar-refractivity contribution in [2.45, 2.75) is 56.8 Å². The van der Waals surface area contributed by atoms with Gasteiger partial charge in [-0.3, -0.25) is 15.1 Å². The number of hydrogen-bond acceptors (Lipinski definition) is 8. The van der Waals surface area contributed by atoms with Crippen LogP contribution in [0.3, 0.4) is 0 Å². The summed E-state index contributed by atoms with van der Waals surface area (Å²) in [6.45, 7) is 2.08. The molecule has 6 rings (SSSR count). The third-order valence-corrected chi connectivity index (χ3v) is 8.85. The van der Waals surface area contributed by atoms with Crippen LogP contribution in [0, 0.1) is 17.7 Å². The fourth-order valence-corrected chi connectivity index (χ4v) is 6.88. The average Bonchev–Trinajstić information content (AvgIpc) is 3.56. The van der Waals surface area contributed by atoms with E-state index in [-0.39, 0.29) is 29.7 Å². The molecule has 2 aromatic carbocycles. The Hall–Kier alpha value is -2.66. The van der Waals surface area contributed by atoms with E-state index in [9.17, 15) is 9.18 Å². The first-order chi connectivity index (χ1) is 18.1. The van der Waals surface area contributed by atoms with Crippen LogP contribution < -0.4 is 20.9 Å². The molecule has 4 unspecified atom stereocenters. The predicted molar refractivity (Wildman–Crippen MR) is 140 cm³/mol. The lowest BCUT2D eigenvalue weighted by Gasteiger charge is -2.36. The fourth-order valence-electron chi connectivity index (χ4n) is 6.36. The van der Waals surface area contributed by atoms with Crippen LogP contribution in [-0.2, 0) is 11.3 Å². The normalized spacial score (nSPS) is 28.2. The Kier molecular flexibility index (Phi) is 7.07. The van der Waals surface area contributed by atoms with Crippen molar-refractivity contribution in [2.75, 3.05) is 20.2 Å². The molecule has 8 nitrogen and oxygen atoms in total. The first-order valence-corrected chi connectivity index (χ1v) is 13.9. The lowest BCUT2D eigenvalue weighted by atomic mass is 9.74. The smallest absolute Gasteiger partial charge is 0.223 e. The summed E-state index contributed by atoms with van der Waals surface area (Å²) in [6.07, 6.45) is 4.62. The number of likely N-dealkylation sites (tertiary alicyclic amines) is 1. The van der Waals surface area contributed by atoms with Gasteiger partial charge in [0.1, 0.15) is 22.6 Å². The maximum Gasteiger partial charge on any atom is 0.223 e. The number of rotatable bonds is 6. The van der Waals surface area contributed by atoms with Gasteiger partial charge in [0.25, 0.3) is 0 Å². The van der Waals surface area contributed by atoms with Crippen molar-refractivity contribution in [3.63, 3.8) is 0 Å². The number of piperidine rings is 1. The molecule has 3 fully saturated rings. The molecule has 0 radical (unpaired) electrons. The number of nitrogens with zero attached hydrogens (tertiary/aromatic N) is 3. The van der Waals surface area contributed by atoms with Crippen LogP contribution in [0.2, 0.25) is 0 Å². The van der Waals surface area contributed by atoms with Gasteiger partial charge in [0.05, 0.1) is 24.9 Å². The standard InChI is InChI=1S/C27H33FN6O2S/c1-36-25-6-2-5-21(28)20(25)15-34-11-3-4-18(14-34)29-27(35)17-8-9-22-19(12-17)26(31-30-22)16-7-10-23-24(13-16)33-37-32-23/h2,5-7,10,13,17-19,22,26,30-31H,3-4,8-9,11-12,14-15H2,1H3,(H,29,35)/t17?,18-,19?,22?,26?/m1/s1. The third-order valence-electron chi connectivity index (χ3n) is 8.29. The van der Waals surface area contributed by atoms with Crippen molar-refractivity contribution in [2.24, 2.45) is 11.8 Å². The quantitative estimate of drug-likeness (QED) is 0.454. The van der Waals surface area contributed by atoms with Gasteiger partial charge in [-0.05, 0) is 74.4 Å². The molecule has 2 saturated heterocycles. The Bertz CT molecular complexity index is 1270. The van der Waals surface area contributed by atoms with Crippen molar-refractivity contribution in [1.29, 1.82) is 0 Å². The van der Waals surface area contributed by atoms with E-state index in [1.54, 1.807) is 19.2 Å². The molecule has 2 aliphatic heterocycles. The number of nitrogens with one attached hydrogen (secondary N) is 3. The summed E-state index contributed by atoms with van der Waals surface area (Å²) < 4.78 is 28.6. The Morgan fingerprint density at radius 3 is 2.97 bits per heavy atom. The number of hydrazine groups is 1. The summed E-state index contributed by atoms with van der Waals surface area (Å²) in [6, 6.07) is 11.8. The summed E-state index contributed by atoms with van der Waals surface area (Å²) >= 11 is 1.23. The second kappa shape index (κ2) is 10.6. The molecule has 10 heteroatoms. The van der Waals surface area contributed by atoms with E-state index >= 15 is 0 Å². The van der Waals surface area contributed by atoms with Crippen molar-refractivity contribution in [1.82, 2.24) is 29.8 Å². The van der Waals surface area contributed by atoms with Gasteiger partial charge in [-0.2, -0.15) is 8.75 Å². The minimum Gasteiger partial charge on any atom is -0.496 e. The molecule has 3 heterocycles. The minimum atomic E-state index is -0.249. The highest BCUT2D eigenvalue weighted by Gasteiger charge is 2.43. The summed E-state index contributed by atoms with van der Waals surface area (Å²) in [5.41, 5.74) is 10.6. The monoisotopic (exact) mass is 524 g/mol. The Morgan fingerprint density at radius 2 is 2.08 bits per heavy atom. The molecular weight excluding hydrogens is 491 g/mol. The van der Waals surface area contributed by atoms with Crippen molar-refractivity contribution < 1.29 is 13.9 Å². The maximum absolute atomic E-state index is 14.5. The van der Waals surface area contributed by atoms with Gasteiger partial charge in [0.2, 0.25) is 5.91 Å². The van der Waals surface area contributed by atoms with E-state index in [0.29, 0.717) is 29.8 Å². The molecular formula is C27H33FN6O2S. The van der Waals surface area contributed by atoms with Gasteiger partial charge in [-0.25, -0.2) is 9.82 Å². The zero-order valence-electron chi connectivity index (χ0n) is 21.0. The first-order valence-electron chi connectivity index (χ1n) is 13.2. The molecule has 1 aliphatic carbocycles. The average molecular weight is 525 g/mol. The Morgan fingerprint density at radius 1 is 1.19 bits per heavy atom. The molecule has 3 aliphatic rings.